The maximum Gasteiger partial charge on any atom is 0.123 e. The first-order valence-electron chi connectivity index (χ1n) is 4.67. The highest BCUT2D eigenvalue weighted by Crippen LogP contribution is 2.01. The van der Waals surface area contributed by atoms with Crippen LogP contribution in [0.1, 0.15) is 11.1 Å². The van der Waals surface area contributed by atoms with Crippen molar-refractivity contribution in [2.75, 3.05) is 0 Å². The second kappa shape index (κ2) is 4.43. The Labute approximate surface area is 88.4 Å². The van der Waals surface area contributed by atoms with Crippen molar-refractivity contribution in [2.24, 2.45) is 0 Å². The maximum absolute atomic E-state index is 12.6. The Morgan fingerprint density at radius 1 is 0.667 bits per heavy atom. The average Bonchev–Trinajstić information content (AvgIpc) is 2.30. The minimum absolute atomic E-state index is 0.236. The number of halogens is 1. The molecule has 0 aliphatic carbocycles. The van der Waals surface area contributed by atoms with Gasteiger partial charge in [-0.05, 0) is 36.4 Å². The van der Waals surface area contributed by atoms with Gasteiger partial charge in [0.15, 0.2) is 0 Å². The van der Waals surface area contributed by atoms with Gasteiger partial charge in [-0.15, -0.1) is 0 Å². The molecule has 0 bridgehead atoms. The quantitative estimate of drug-likeness (QED) is 0.566. The lowest BCUT2D eigenvalue weighted by atomic mass is 10.2. The van der Waals surface area contributed by atoms with Crippen LogP contribution in [0.5, 0.6) is 0 Å². The molecule has 0 spiro atoms. The average molecular weight is 195 g/mol. The first-order chi connectivity index (χ1) is 7.34. The largest absolute Gasteiger partial charge is 0.207 e. The first kappa shape index (κ1) is 9.48. The lowest BCUT2D eigenvalue weighted by Crippen LogP contribution is -1.76. The Hall–Kier alpha value is -2.07. The van der Waals surface area contributed by atoms with E-state index >= 15 is 0 Å². The molecule has 2 rings (SSSR count). The molecule has 72 valence electrons. The molecule has 0 unspecified atom stereocenters. The zero-order valence-corrected chi connectivity index (χ0v) is 8.07. The monoisotopic (exact) mass is 195 g/mol. The van der Waals surface area contributed by atoms with Gasteiger partial charge in [-0.25, -0.2) is 4.39 Å². The van der Waals surface area contributed by atoms with Gasteiger partial charge < -0.3 is 0 Å². The summed E-state index contributed by atoms with van der Waals surface area (Å²) in [6, 6.07) is 15.9. The summed E-state index contributed by atoms with van der Waals surface area (Å²) in [5, 5.41) is 0. The molecular weight excluding hydrogens is 186 g/mol. The Kier molecular flexibility index (Phi) is 2.80. The minimum atomic E-state index is -0.236. The smallest absolute Gasteiger partial charge is 0.123 e. The van der Waals surface area contributed by atoms with Crippen LogP contribution < -0.4 is 0 Å². The van der Waals surface area contributed by atoms with E-state index < -0.39 is 0 Å². The van der Waals surface area contributed by atoms with E-state index in [1.165, 1.54) is 12.1 Å². The molecule has 0 amide bonds. The normalized spacial score (nSPS) is 9.13. The standard InChI is InChI=1S/C14H9F/c15-14-10-8-13(9-11-14)7-6-12-4-2-1-3-5-12/h1-5,8-11H/i15-1. The lowest BCUT2D eigenvalue weighted by molar-refractivity contribution is 0.627. The molecule has 0 aromatic heterocycles. The van der Waals surface area contributed by atoms with Crippen LogP contribution in [0.25, 0.3) is 0 Å². The first-order valence-corrected chi connectivity index (χ1v) is 4.67. The van der Waals surface area contributed by atoms with Crippen LogP contribution in [0.3, 0.4) is 0 Å². The highest BCUT2D eigenvalue weighted by molar-refractivity contribution is 5.42. The summed E-state index contributed by atoms with van der Waals surface area (Å²) in [7, 11) is 0. The van der Waals surface area contributed by atoms with Crippen molar-refractivity contribution in [2.45, 2.75) is 0 Å². The van der Waals surface area contributed by atoms with E-state index in [4.69, 9.17) is 0 Å². The second-order valence-corrected chi connectivity index (χ2v) is 3.12. The minimum Gasteiger partial charge on any atom is -0.207 e. The fourth-order valence-corrected chi connectivity index (χ4v) is 1.20. The molecule has 2 aromatic rings. The van der Waals surface area contributed by atoms with Crippen molar-refractivity contribution in [1.82, 2.24) is 0 Å². The van der Waals surface area contributed by atoms with Crippen molar-refractivity contribution < 1.29 is 4.39 Å². The van der Waals surface area contributed by atoms with Crippen molar-refractivity contribution >= 4 is 0 Å². The Bertz CT molecular complexity index is 486. The van der Waals surface area contributed by atoms with Crippen LogP contribution in [0, 0.1) is 17.7 Å². The van der Waals surface area contributed by atoms with Crippen LogP contribution >= 0.6 is 0 Å². The lowest BCUT2D eigenvalue weighted by Gasteiger charge is -1.89. The van der Waals surface area contributed by atoms with Gasteiger partial charge in [-0.1, -0.05) is 30.0 Å². The van der Waals surface area contributed by atoms with Gasteiger partial charge in [0.2, 0.25) is 0 Å². The van der Waals surface area contributed by atoms with Crippen LogP contribution in [-0.2, 0) is 0 Å². The summed E-state index contributed by atoms with van der Waals surface area (Å²) in [4.78, 5) is 0. The fourth-order valence-electron chi connectivity index (χ4n) is 1.20. The van der Waals surface area contributed by atoms with Gasteiger partial charge in [-0.2, -0.15) is 0 Å². The molecule has 2 aromatic carbocycles. The Balaban J connectivity index is 2.22. The zero-order valence-electron chi connectivity index (χ0n) is 8.07. The van der Waals surface area contributed by atoms with Gasteiger partial charge >= 0.3 is 0 Å². The van der Waals surface area contributed by atoms with Crippen LogP contribution in [0.15, 0.2) is 54.6 Å². The maximum atomic E-state index is 12.6. The summed E-state index contributed by atoms with van der Waals surface area (Å²) < 4.78 is 12.6. The van der Waals surface area contributed by atoms with E-state index in [0.29, 0.717) is 0 Å². The summed E-state index contributed by atoms with van der Waals surface area (Å²) in [6.07, 6.45) is 0. The number of benzene rings is 2. The zero-order chi connectivity index (χ0) is 10.5. The van der Waals surface area contributed by atoms with Gasteiger partial charge in [-0.3, -0.25) is 0 Å². The predicted molar refractivity (Wildman–Crippen MR) is 58.8 cm³/mol. The van der Waals surface area contributed by atoms with E-state index in [0.717, 1.165) is 11.1 Å². The number of hydrogen-bond acceptors (Lipinski definition) is 0. The van der Waals surface area contributed by atoms with E-state index in [1.54, 1.807) is 12.1 Å². The third-order valence-corrected chi connectivity index (χ3v) is 1.97. The van der Waals surface area contributed by atoms with Crippen molar-refractivity contribution in [3.8, 4) is 11.8 Å². The third-order valence-electron chi connectivity index (χ3n) is 1.97. The molecule has 0 saturated heterocycles. The van der Waals surface area contributed by atoms with Crippen molar-refractivity contribution in [1.29, 1.82) is 0 Å². The summed E-state index contributed by atoms with van der Waals surface area (Å²) >= 11 is 0. The molecule has 0 aliphatic rings. The topological polar surface area (TPSA) is 0 Å². The molecule has 0 atom stereocenters. The number of hydrogen-bond donors (Lipinski definition) is 0. The highest BCUT2D eigenvalue weighted by atomic mass is 18.2. The van der Waals surface area contributed by atoms with Gasteiger partial charge in [0.1, 0.15) is 5.82 Å². The molecule has 0 aliphatic heterocycles. The summed E-state index contributed by atoms with van der Waals surface area (Å²) in [5.41, 5.74) is 1.78. The van der Waals surface area contributed by atoms with E-state index in [2.05, 4.69) is 11.8 Å². The second-order valence-electron chi connectivity index (χ2n) is 3.12. The molecule has 0 N–H and O–H groups in total. The molecule has 0 saturated carbocycles. The van der Waals surface area contributed by atoms with Crippen LogP contribution in [0.4, 0.5) is 4.39 Å². The van der Waals surface area contributed by atoms with Gasteiger partial charge in [0, 0.05) is 11.1 Å². The van der Waals surface area contributed by atoms with Crippen molar-refractivity contribution in [3.05, 3.63) is 71.5 Å². The molecule has 0 radical (unpaired) electrons. The molecule has 1 heteroatoms. The molecule has 0 heterocycles. The Morgan fingerprint density at radius 2 is 1.20 bits per heavy atom. The van der Waals surface area contributed by atoms with Gasteiger partial charge in [0.05, 0.1) is 0 Å². The van der Waals surface area contributed by atoms with E-state index in [1.807, 2.05) is 30.3 Å². The molecule has 0 nitrogen and oxygen atoms in total. The molecular formula is C14H9F. The van der Waals surface area contributed by atoms with Crippen LogP contribution in [0.2, 0.25) is 0 Å². The summed E-state index contributed by atoms with van der Waals surface area (Å²) in [6.45, 7) is 0. The highest BCUT2D eigenvalue weighted by Gasteiger charge is 1.88. The van der Waals surface area contributed by atoms with E-state index in [9.17, 15) is 4.39 Å². The van der Waals surface area contributed by atoms with Crippen LogP contribution in [-0.4, -0.2) is 0 Å². The SMILES string of the molecule is [18F]c1ccc(C#Cc2ccccc2)cc1. The van der Waals surface area contributed by atoms with Crippen molar-refractivity contribution in [3.63, 3.8) is 0 Å². The van der Waals surface area contributed by atoms with E-state index in [-0.39, 0.29) is 5.82 Å². The molecule has 15 heavy (non-hydrogen) atoms. The predicted octanol–water partition coefficient (Wildman–Crippen LogP) is 3.23. The Morgan fingerprint density at radius 3 is 1.80 bits per heavy atom. The third kappa shape index (κ3) is 2.69. The fraction of sp³-hybridized carbons (Fsp3) is 0. The number of rotatable bonds is 0. The van der Waals surface area contributed by atoms with Gasteiger partial charge in [0.25, 0.3) is 0 Å². The molecule has 0 fully saturated rings. The summed E-state index contributed by atoms with van der Waals surface area (Å²) in [5.74, 6) is 5.74.